The van der Waals surface area contributed by atoms with Gasteiger partial charge in [0, 0.05) is 17.1 Å². The summed E-state index contributed by atoms with van der Waals surface area (Å²) in [5.74, 6) is 0.341. The van der Waals surface area contributed by atoms with Gasteiger partial charge in [0.05, 0.1) is 4.90 Å². The van der Waals surface area contributed by atoms with Gasteiger partial charge in [0.15, 0.2) is 11.0 Å². The number of anilines is 1. The van der Waals surface area contributed by atoms with Gasteiger partial charge >= 0.3 is 0 Å². The maximum atomic E-state index is 10.9. The molecule has 0 aliphatic carbocycles. The van der Waals surface area contributed by atoms with Crippen LogP contribution >= 0.6 is 11.5 Å². The van der Waals surface area contributed by atoms with Gasteiger partial charge in [-0.3, -0.25) is 4.55 Å². The van der Waals surface area contributed by atoms with Crippen molar-refractivity contribution in [3.63, 3.8) is 0 Å². The monoisotopic (exact) mass is 287 g/mol. The molecule has 0 saturated carbocycles. The summed E-state index contributed by atoms with van der Waals surface area (Å²) in [6, 6.07) is 5.71. The van der Waals surface area contributed by atoms with Crippen LogP contribution in [0.15, 0.2) is 29.2 Å². The summed E-state index contributed by atoms with van der Waals surface area (Å²) in [6.07, 6.45) is 0. The Kier molecular flexibility index (Phi) is 4.76. The van der Waals surface area contributed by atoms with Crippen molar-refractivity contribution in [1.82, 2.24) is 9.36 Å². The van der Waals surface area contributed by atoms with Gasteiger partial charge in [-0.15, -0.1) is 0 Å². The van der Waals surface area contributed by atoms with Gasteiger partial charge in [0.1, 0.15) is 0 Å². The van der Waals surface area contributed by atoms with E-state index in [0.29, 0.717) is 16.5 Å². The van der Waals surface area contributed by atoms with Gasteiger partial charge in [-0.2, -0.15) is 17.8 Å². The molecule has 0 amide bonds. The Labute approximate surface area is 109 Å². The van der Waals surface area contributed by atoms with Gasteiger partial charge < -0.3 is 5.73 Å². The fraction of sp³-hybridized carbons (Fsp3) is 0.200. The van der Waals surface area contributed by atoms with Crippen molar-refractivity contribution in [2.24, 2.45) is 0 Å². The molecule has 0 aliphatic rings. The number of benzene rings is 1. The lowest BCUT2D eigenvalue weighted by molar-refractivity contribution is 0.483. The van der Waals surface area contributed by atoms with E-state index in [-0.39, 0.29) is 4.90 Å². The van der Waals surface area contributed by atoms with E-state index in [1.54, 1.807) is 6.07 Å². The fourth-order valence-electron chi connectivity index (χ4n) is 1.15. The predicted molar refractivity (Wildman–Crippen MR) is 70.9 cm³/mol. The van der Waals surface area contributed by atoms with E-state index in [4.69, 9.17) is 10.3 Å². The number of aromatic nitrogens is 2. The lowest BCUT2D eigenvalue weighted by Crippen LogP contribution is -1.98. The normalized spacial score (nSPS) is 10.6. The molecule has 18 heavy (non-hydrogen) atoms. The van der Waals surface area contributed by atoms with E-state index in [1.807, 2.05) is 13.8 Å². The first-order chi connectivity index (χ1) is 8.47. The molecular formula is C10H13N3O3S2. The molecule has 2 aromatic rings. The summed E-state index contributed by atoms with van der Waals surface area (Å²) in [4.78, 5) is 3.72. The molecule has 98 valence electrons. The van der Waals surface area contributed by atoms with Crippen LogP contribution in [0.1, 0.15) is 13.8 Å². The molecule has 0 radical (unpaired) electrons. The average Bonchev–Trinajstić information content (AvgIpc) is 2.78. The van der Waals surface area contributed by atoms with Crippen molar-refractivity contribution in [3.8, 4) is 11.4 Å². The second kappa shape index (κ2) is 5.89. The number of nitrogen functional groups attached to an aromatic ring is 1. The van der Waals surface area contributed by atoms with E-state index in [2.05, 4.69) is 9.36 Å². The molecule has 1 aromatic carbocycles. The number of nitrogens with two attached hydrogens (primary N) is 1. The van der Waals surface area contributed by atoms with Gasteiger partial charge in [0.25, 0.3) is 10.1 Å². The molecule has 2 rings (SSSR count). The van der Waals surface area contributed by atoms with E-state index in [0.717, 1.165) is 11.5 Å². The van der Waals surface area contributed by atoms with E-state index in [1.165, 1.54) is 18.2 Å². The zero-order valence-electron chi connectivity index (χ0n) is 9.86. The van der Waals surface area contributed by atoms with Crippen LogP contribution in [0.25, 0.3) is 11.4 Å². The number of hydrogen-bond acceptors (Lipinski definition) is 6. The van der Waals surface area contributed by atoms with Crippen molar-refractivity contribution in [1.29, 1.82) is 0 Å². The molecule has 3 N–H and O–H groups in total. The summed E-state index contributed by atoms with van der Waals surface area (Å²) < 4.78 is 34.6. The largest absolute Gasteiger partial charge is 0.374 e. The third-order valence-electron chi connectivity index (χ3n) is 1.83. The second-order valence-electron chi connectivity index (χ2n) is 2.96. The zero-order valence-corrected chi connectivity index (χ0v) is 11.5. The molecule has 0 unspecified atom stereocenters. The first-order valence-corrected chi connectivity index (χ1v) is 7.35. The van der Waals surface area contributed by atoms with E-state index in [9.17, 15) is 8.42 Å². The quantitative estimate of drug-likeness (QED) is 0.819. The highest BCUT2D eigenvalue weighted by molar-refractivity contribution is 7.85. The minimum atomic E-state index is -4.21. The van der Waals surface area contributed by atoms with Gasteiger partial charge in [0.2, 0.25) is 0 Å². The molecule has 0 atom stereocenters. The highest BCUT2D eigenvalue weighted by atomic mass is 32.2. The Morgan fingerprint density at radius 1 is 1.33 bits per heavy atom. The summed E-state index contributed by atoms with van der Waals surface area (Å²) in [5.41, 5.74) is 5.91. The van der Waals surface area contributed by atoms with Crippen LogP contribution < -0.4 is 5.73 Å². The van der Waals surface area contributed by atoms with Crippen LogP contribution in [0.4, 0.5) is 5.13 Å². The SMILES string of the molecule is CC.Nc1nc(-c2cccc(S(=O)(=O)O)c2)ns1. The van der Waals surface area contributed by atoms with Crippen LogP contribution in [-0.4, -0.2) is 22.3 Å². The number of nitrogens with zero attached hydrogens (tertiary/aromatic N) is 2. The maximum Gasteiger partial charge on any atom is 0.294 e. The first-order valence-electron chi connectivity index (χ1n) is 5.14. The molecule has 8 heteroatoms. The second-order valence-corrected chi connectivity index (χ2v) is 5.16. The van der Waals surface area contributed by atoms with Gasteiger partial charge in [-0.05, 0) is 12.1 Å². The van der Waals surface area contributed by atoms with Crippen LogP contribution in [0.2, 0.25) is 0 Å². The molecule has 1 aromatic heterocycles. The first kappa shape index (κ1) is 14.6. The number of rotatable bonds is 2. The van der Waals surface area contributed by atoms with E-state index < -0.39 is 10.1 Å². The Morgan fingerprint density at radius 3 is 2.50 bits per heavy atom. The van der Waals surface area contributed by atoms with Crippen molar-refractivity contribution in [2.45, 2.75) is 18.7 Å². The highest BCUT2D eigenvalue weighted by Gasteiger charge is 2.12. The lowest BCUT2D eigenvalue weighted by atomic mass is 10.2. The Hall–Kier alpha value is -1.51. The third kappa shape index (κ3) is 3.49. The minimum absolute atomic E-state index is 0.196. The van der Waals surface area contributed by atoms with Gasteiger partial charge in [-0.25, -0.2) is 0 Å². The predicted octanol–water partition coefficient (Wildman–Crippen LogP) is 2.06. The molecule has 6 nitrogen and oxygen atoms in total. The fourth-order valence-corrected chi connectivity index (χ4v) is 2.13. The molecular weight excluding hydrogens is 274 g/mol. The summed E-state index contributed by atoms with van der Waals surface area (Å²) in [5, 5.41) is 0.298. The topological polar surface area (TPSA) is 106 Å². The number of hydrogen-bond donors (Lipinski definition) is 2. The summed E-state index contributed by atoms with van der Waals surface area (Å²) in [7, 11) is -4.21. The van der Waals surface area contributed by atoms with Crippen LogP contribution in [-0.2, 0) is 10.1 Å². The van der Waals surface area contributed by atoms with Crippen LogP contribution in [0.3, 0.4) is 0 Å². The smallest absolute Gasteiger partial charge is 0.294 e. The van der Waals surface area contributed by atoms with Crippen molar-refractivity contribution >= 4 is 26.8 Å². The van der Waals surface area contributed by atoms with E-state index >= 15 is 0 Å². The lowest BCUT2D eigenvalue weighted by Gasteiger charge is -1.98. The average molecular weight is 287 g/mol. The Bertz CT molecular complexity index is 623. The van der Waals surface area contributed by atoms with Crippen LogP contribution in [0, 0.1) is 0 Å². The van der Waals surface area contributed by atoms with Crippen LogP contribution in [0.5, 0.6) is 0 Å². The van der Waals surface area contributed by atoms with Gasteiger partial charge in [-0.1, -0.05) is 26.0 Å². The molecule has 0 fully saturated rings. The van der Waals surface area contributed by atoms with Crippen molar-refractivity contribution < 1.29 is 13.0 Å². The molecule has 0 spiro atoms. The van der Waals surface area contributed by atoms with Crippen molar-refractivity contribution in [3.05, 3.63) is 24.3 Å². The summed E-state index contributed by atoms with van der Waals surface area (Å²) in [6.45, 7) is 4.00. The Balaban J connectivity index is 0.000000771. The Morgan fingerprint density at radius 2 is 2.00 bits per heavy atom. The molecule has 0 bridgehead atoms. The molecule has 1 heterocycles. The third-order valence-corrected chi connectivity index (χ3v) is 3.22. The zero-order chi connectivity index (χ0) is 13.8. The summed E-state index contributed by atoms with van der Waals surface area (Å²) >= 11 is 1.02. The standard InChI is InChI=1S/C8H7N3O3S2.C2H6/c9-8-10-7(11-15-8)5-2-1-3-6(4-5)16(12,13)14;1-2/h1-4H,(H2,9,10,11)(H,12,13,14);1-2H3. The maximum absolute atomic E-state index is 10.9. The molecule has 0 aliphatic heterocycles. The minimum Gasteiger partial charge on any atom is -0.374 e. The highest BCUT2D eigenvalue weighted by Crippen LogP contribution is 2.21. The molecule has 0 saturated heterocycles. The van der Waals surface area contributed by atoms with Crippen molar-refractivity contribution in [2.75, 3.05) is 5.73 Å².